The maximum Gasteiger partial charge on any atom is 0.221 e. The molecule has 0 aromatic rings. The Morgan fingerprint density at radius 1 is 1.21 bits per heavy atom. The first-order chi connectivity index (χ1) is 9.16. The van der Waals surface area contributed by atoms with E-state index in [-0.39, 0.29) is 10.3 Å². The molecule has 0 fully saturated rings. The maximum absolute atomic E-state index is 12.0. The fourth-order valence-corrected chi connectivity index (χ4v) is 2.49. The van der Waals surface area contributed by atoms with Crippen LogP contribution in [0.1, 0.15) is 22.5 Å². The van der Waals surface area contributed by atoms with Gasteiger partial charge in [0.2, 0.25) is 10.3 Å². The van der Waals surface area contributed by atoms with Crippen LogP contribution in [0.5, 0.6) is 0 Å². The van der Waals surface area contributed by atoms with E-state index >= 15 is 0 Å². The highest BCUT2D eigenvalue weighted by Gasteiger charge is 2.20. The van der Waals surface area contributed by atoms with E-state index in [9.17, 15) is 13.2 Å². The predicted octanol–water partition coefficient (Wildman–Crippen LogP) is 1.59. The Morgan fingerprint density at radius 2 is 2.05 bits per heavy atom. The number of hydrogen-bond donors (Lipinski definition) is 0. The first-order valence-corrected chi connectivity index (χ1v) is 6.66. The predicted molar refractivity (Wildman–Crippen MR) is 68.8 cm³/mol. The van der Waals surface area contributed by atoms with E-state index in [0.29, 0.717) is 28.8 Å². The number of Topliss-reactive ketones (excluding diaryl/α,β-unsaturated/α-hetero) is 1. The lowest BCUT2D eigenvalue weighted by Gasteiger charge is -2.09. The van der Waals surface area contributed by atoms with Gasteiger partial charge in [0.25, 0.3) is 0 Å². The number of aromatic nitrogens is 2. The van der Waals surface area contributed by atoms with E-state index in [2.05, 4.69) is 10.2 Å². The number of allylic oxidation sites excluding steroid dienone is 1. The standard InChI is InChI=1S/C13H8N2O3S/c16-12-3-1-2-11-13(12)10-6-9(19(17)18)5-4-8(10)7-14-15-11/h1-2,4-7H,3H2. The second-order valence-corrected chi connectivity index (χ2v) is 5.06. The first-order valence-electron chi connectivity index (χ1n) is 5.58. The molecule has 5 nitrogen and oxygen atoms in total. The van der Waals surface area contributed by atoms with E-state index in [1.54, 1.807) is 18.2 Å². The number of fused-ring (bicyclic) bond motifs is 3. The average molecular weight is 272 g/mol. The topological polar surface area (TPSA) is 77.0 Å². The largest absolute Gasteiger partial charge is 0.294 e. The van der Waals surface area contributed by atoms with Gasteiger partial charge in [0.1, 0.15) is 0 Å². The highest BCUT2D eigenvalue weighted by Crippen LogP contribution is 2.29. The van der Waals surface area contributed by atoms with Gasteiger partial charge in [-0.05, 0) is 23.8 Å². The second-order valence-electron chi connectivity index (χ2n) is 4.12. The molecule has 0 bridgehead atoms. The maximum atomic E-state index is 12.0. The molecule has 94 valence electrons. The molecule has 0 radical (unpaired) electrons. The quantitative estimate of drug-likeness (QED) is 0.681. The molecule has 3 aliphatic rings. The number of hydrogen-bond acceptors (Lipinski definition) is 5. The lowest BCUT2D eigenvalue weighted by atomic mass is 9.93. The van der Waals surface area contributed by atoms with Gasteiger partial charge >= 0.3 is 0 Å². The summed E-state index contributed by atoms with van der Waals surface area (Å²) in [7, 11) is -2.33. The van der Waals surface area contributed by atoms with Crippen molar-refractivity contribution in [3.8, 4) is 11.1 Å². The number of rotatable bonds is 0. The molecular formula is C13H8N2O3S. The molecule has 0 amide bonds. The fourth-order valence-electron chi connectivity index (χ4n) is 2.10. The van der Waals surface area contributed by atoms with Crippen molar-refractivity contribution in [3.05, 3.63) is 46.2 Å². The summed E-state index contributed by atoms with van der Waals surface area (Å²) in [5.41, 5.74) is 2.16. The Morgan fingerprint density at radius 3 is 2.84 bits per heavy atom. The third-order valence-electron chi connectivity index (χ3n) is 2.96. The zero-order valence-corrected chi connectivity index (χ0v) is 10.5. The van der Waals surface area contributed by atoms with Crippen LogP contribution < -0.4 is 0 Å². The highest BCUT2D eigenvalue weighted by atomic mass is 32.2. The normalized spacial score (nSPS) is 13.4. The number of carbonyl (C=O) groups excluding carboxylic acids is 1. The van der Waals surface area contributed by atoms with E-state index in [1.165, 1.54) is 18.3 Å². The van der Waals surface area contributed by atoms with Crippen LogP contribution in [0.2, 0.25) is 0 Å². The average Bonchev–Trinajstić information content (AvgIpc) is 2.57. The van der Waals surface area contributed by atoms with Crippen LogP contribution in [0.15, 0.2) is 30.5 Å². The number of benzene rings is 1. The van der Waals surface area contributed by atoms with Crippen molar-refractivity contribution in [2.75, 3.05) is 0 Å². The third-order valence-corrected chi connectivity index (χ3v) is 3.60. The van der Waals surface area contributed by atoms with Gasteiger partial charge in [0, 0.05) is 12.0 Å². The van der Waals surface area contributed by atoms with E-state index in [1.807, 2.05) is 0 Å². The molecule has 0 aromatic carbocycles. The first kappa shape index (κ1) is 11.7. The minimum absolute atomic E-state index is 0.0816. The summed E-state index contributed by atoms with van der Waals surface area (Å²) in [6.07, 6.45) is 5.26. The molecule has 1 heterocycles. The van der Waals surface area contributed by atoms with Crippen LogP contribution in [0, 0.1) is 4.51 Å². The van der Waals surface area contributed by atoms with Gasteiger partial charge in [-0.25, -0.2) is 0 Å². The van der Waals surface area contributed by atoms with Crippen molar-refractivity contribution in [2.45, 2.75) is 6.42 Å². The minimum atomic E-state index is -2.33. The lowest BCUT2D eigenvalue weighted by molar-refractivity contribution is 0.0995. The van der Waals surface area contributed by atoms with Gasteiger partial charge in [-0.3, -0.25) is 4.79 Å². The van der Waals surface area contributed by atoms with Gasteiger partial charge in [-0.2, -0.15) is 18.6 Å². The van der Waals surface area contributed by atoms with Crippen molar-refractivity contribution in [2.24, 2.45) is 0 Å². The van der Waals surface area contributed by atoms with Crippen LogP contribution in [-0.4, -0.2) is 24.4 Å². The van der Waals surface area contributed by atoms with Crippen LogP contribution in [0.25, 0.3) is 17.2 Å². The highest BCUT2D eigenvalue weighted by molar-refractivity contribution is 7.63. The summed E-state index contributed by atoms with van der Waals surface area (Å²) in [6.45, 7) is 0. The summed E-state index contributed by atoms with van der Waals surface area (Å²) < 4.78 is 22.2. The summed E-state index contributed by atoms with van der Waals surface area (Å²) in [5.74, 6) is -0.0816. The molecule has 6 heteroatoms. The molecule has 0 saturated heterocycles. The van der Waals surface area contributed by atoms with E-state index < -0.39 is 10.3 Å². The SMILES string of the molecule is O=C1CC=Cc2nncc3ccc(=S(=O)=O)cc-3c21. The second kappa shape index (κ2) is 4.40. The Bertz CT molecular complexity index is 861. The Balaban J connectivity index is 2.54. The fraction of sp³-hybridized carbons (Fsp3) is 0.0769. The molecular weight excluding hydrogens is 264 g/mol. The Hall–Kier alpha value is -2.34. The third kappa shape index (κ3) is 1.96. The van der Waals surface area contributed by atoms with Crippen LogP contribution >= 0.6 is 0 Å². The van der Waals surface area contributed by atoms with Crippen molar-refractivity contribution in [1.82, 2.24) is 10.2 Å². The summed E-state index contributed by atoms with van der Waals surface area (Å²) in [4.78, 5) is 12.0. The van der Waals surface area contributed by atoms with Crippen LogP contribution in [-0.2, 0) is 10.3 Å². The molecule has 0 N–H and O–H groups in total. The Kier molecular flexibility index (Phi) is 2.72. The van der Waals surface area contributed by atoms with Crippen molar-refractivity contribution < 1.29 is 13.2 Å². The molecule has 0 saturated carbocycles. The zero-order valence-electron chi connectivity index (χ0n) is 9.70. The lowest BCUT2D eigenvalue weighted by Crippen LogP contribution is -2.06. The Labute approximate surface area is 110 Å². The summed E-state index contributed by atoms with van der Waals surface area (Å²) in [5, 5.41) is 7.86. The monoisotopic (exact) mass is 272 g/mol. The van der Waals surface area contributed by atoms with Crippen molar-refractivity contribution in [1.29, 1.82) is 0 Å². The molecule has 19 heavy (non-hydrogen) atoms. The molecule has 2 aliphatic carbocycles. The van der Waals surface area contributed by atoms with Crippen LogP contribution in [0.3, 0.4) is 0 Å². The molecule has 3 rings (SSSR count). The van der Waals surface area contributed by atoms with Crippen LogP contribution in [0.4, 0.5) is 0 Å². The van der Waals surface area contributed by atoms with Crippen molar-refractivity contribution >= 4 is 22.2 Å². The van der Waals surface area contributed by atoms with Gasteiger partial charge in [0.05, 0.1) is 22.0 Å². The molecule has 0 spiro atoms. The van der Waals surface area contributed by atoms with E-state index in [0.717, 1.165) is 0 Å². The van der Waals surface area contributed by atoms with Gasteiger partial charge < -0.3 is 0 Å². The number of carbonyl (C=O) groups is 1. The smallest absolute Gasteiger partial charge is 0.221 e. The number of nitrogens with zero attached hydrogens (tertiary/aromatic N) is 2. The van der Waals surface area contributed by atoms with Crippen molar-refractivity contribution in [3.63, 3.8) is 0 Å². The minimum Gasteiger partial charge on any atom is -0.294 e. The van der Waals surface area contributed by atoms with E-state index in [4.69, 9.17) is 0 Å². The zero-order chi connectivity index (χ0) is 13.4. The summed E-state index contributed by atoms with van der Waals surface area (Å²) >= 11 is 0. The molecule has 0 unspecified atom stereocenters. The number of ketones is 1. The van der Waals surface area contributed by atoms with Gasteiger partial charge in [-0.15, -0.1) is 0 Å². The summed E-state index contributed by atoms with van der Waals surface area (Å²) in [6, 6.07) is 4.58. The molecule has 0 atom stereocenters. The van der Waals surface area contributed by atoms with Gasteiger partial charge in [0.15, 0.2) is 5.78 Å². The molecule has 0 aromatic heterocycles. The molecule has 1 aliphatic heterocycles. The van der Waals surface area contributed by atoms with Gasteiger partial charge in [-0.1, -0.05) is 12.1 Å².